The van der Waals surface area contributed by atoms with Crippen molar-refractivity contribution in [1.29, 1.82) is 0 Å². The van der Waals surface area contributed by atoms with Gasteiger partial charge in [0, 0.05) is 12.1 Å². The monoisotopic (exact) mass is 314 g/mol. The SMILES string of the molecule is COC(=O)C(C)(C)NC1CCCC(NC(=O)OC(C)(C)C)C1. The van der Waals surface area contributed by atoms with E-state index >= 15 is 0 Å². The second-order valence-electron chi connectivity index (χ2n) is 7.47. The Kier molecular flexibility index (Phi) is 6.23. The molecule has 1 fully saturated rings. The first-order chi connectivity index (χ1) is 10.0. The van der Waals surface area contributed by atoms with E-state index in [9.17, 15) is 9.59 Å². The fraction of sp³-hybridized carbons (Fsp3) is 0.875. The molecule has 0 spiro atoms. The summed E-state index contributed by atoms with van der Waals surface area (Å²) in [5, 5.41) is 6.25. The largest absolute Gasteiger partial charge is 0.468 e. The average molecular weight is 314 g/mol. The lowest BCUT2D eigenvalue weighted by Crippen LogP contribution is -2.55. The quantitative estimate of drug-likeness (QED) is 0.779. The van der Waals surface area contributed by atoms with Crippen molar-refractivity contribution in [2.24, 2.45) is 0 Å². The van der Waals surface area contributed by atoms with E-state index in [1.54, 1.807) is 0 Å². The van der Waals surface area contributed by atoms with Crippen LogP contribution in [0.2, 0.25) is 0 Å². The molecule has 1 rings (SSSR count). The number of hydrogen-bond acceptors (Lipinski definition) is 5. The van der Waals surface area contributed by atoms with E-state index in [4.69, 9.17) is 9.47 Å². The molecule has 2 unspecified atom stereocenters. The summed E-state index contributed by atoms with van der Waals surface area (Å²) in [4.78, 5) is 23.6. The van der Waals surface area contributed by atoms with Crippen molar-refractivity contribution in [3.8, 4) is 0 Å². The van der Waals surface area contributed by atoms with Gasteiger partial charge in [0.15, 0.2) is 0 Å². The van der Waals surface area contributed by atoms with E-state index in [-0.39, 0.29) is 24.1 Å². The van der Waals surface area contributed by atoms with Crippen molar-refractivity contribution in [3.05, 3.63) is 0 Å². The predicted octanol–water partition coefficient (Wildman–Crippen LogP) is 2.36. The van der Waals surface area contributed by atoms with Crippen LogP contribution in [0.3, 0.4) is 0 Å². The lowest BCUT2D eigenvalue weighted by molar-refractivity contribution is -0.147. The molecule has 1 aliphatic carbocycles. The van der Waals surface area contributed by atoms with Crippen LogP contribution in [0, 0.1) is 0 Å². The number of carbonyl (C=O) groups excluding carboxylic acids is 2. The molecule has 2 atom stereocenters. The van der Waals surface area contributed by atoms with E-state index in [1.807, 2.05) is 34.6 Å². The van der Waals surface area contributed by atoms with Crippen LogP contribution in [0.1, 0.15) is 60.3 Å². The molecule has 128 valence electrons. The van der Waals surface area contributed by atoms with E-state index in [1.165, 1.54) is 7.11 Å². The number of amides is 1. The minimum atomic E-state index is -0.729. The number of esters is 1. The Labute approximate surface area is 133 Å². The summed E-state index contributed by atoms with van der Waals surface area (Å²) in [6.07, 6.45) is 3.29. The zero-order chi connectivity index (χ0) is 17.0. The maximum absolute atomic E-state index is 11.8. The van der Waals surface area contributed by atoms with Gasteiger partial charge in [-0.05, 0) is 60.3 Å². The number of carbonyl (C=O) groups is 2. The highest BCUT2D eigenvalue weighted by atomic mass is 16.6. The summed E-state index contributed by atoms with van der Waals surface area (Å²) < 4.78 is 10.1. The van der Waals surface area contributed by atoms with E-state index in [0.717, 1.165) is 25.7 Å². The van der Waals surface area contributed by atoms with Gasteiger partial charge in [-0.15, -0.1) is 0 Å². The molecule has 0 aromatic heterocycles. The second kappa shape index (κ2) is 7.31. The van der Waals surface area contributed by atoms with E-state index in [2.05, 4.69) is 10.6 Å². The molecule has 0 aromatic carbocycles. The first-order valence-electron chi connectivity index (χ1n) is 7.89. The third kappa shape index (κ3) is 6.22. The number of hydrogen-bond donors (Lipinski definition) is 2. The van der Waals surface area contributed by atoms with Gasteiger partial charge in [0.25, 0.3) is 0 Å². The molecule has 0 saturated heterocycles. The fourth-order valence-electron chi connectivity index (χ4n) is 2.75. The Morgan fingerprint density at radius 1 is 1.05 bits per heavy atom. The van der Waals surface area contributed by atoms with Crippen LogP contribution in [0.25, 0.3) is 0 Å². The highest BCUT2D eigenvalue weighted by Gasteiger charge is 2.33. The molecule has 0 radical (unpaired) electrons. The van der Waals surface area contributed by atoms with Gasteiger partial charge in [-0.2, -0.15) is 0 Å². The molecule has 6 nitrogen and oxygen atoms in total. The molecule has 1 saturated carbocycles. The lowest BCUT2D eigenvalue weighted by atomic mass is 9.89. The number of methoxy groups -OCH3 is 1. The van der Waals surface area contributed by atoms with Gasteiger partial charge in [0.05, 0.1) is 7.11 Å². The highest BCUT2D eigenvalue weighted by molar-refractivity contribution is 5.79. The molecule has 0 bridgehead atoms. The summed E-state index contributed by atoms with van der Waals surface area (Å²) in [5.74, 6) is -0.283. The van der Waals surface area contributed by atoms with E-state index < -0.39 is 11.1 Å². The van der Waals surface area contributed by atoms with Crippen molar-refractivity contribution in [2.45, 2.75) is 83.5 Å². The Morgan fingerprint density at radius 2 is 1.64 bits per heavy atom. The third-order valence-corrected chi connectivity index (χ3v) is 3.66. The van der Waals surface area contributed by atoms with Gasteiger partial charge in [-0.1, -0.05) is 0 Å². The Bertz CT molecular complexity index is 401. The molecule has 0 aromatic rings. The smallest absolute Gasteiger partial charge is 0.407 e. The maximum atomic E-state index is 11.8. The zero-order valence-electron chi connectivity index (χ0n) is 14.6. The first-order valence-corrected chi connectivity index (χ1v) is 7.89. The Hall–Kier alpha value is -1.30. The van der Waals surface area contributed by atoms with Gasteiger partial charge < -0.3 is 14.8 Å². The Balaban J connectivity index is 2.51. The summed E-state index contributed by atoms with van der Waals surface area (Å²) in [6, 6.07) is 0.234. The minimum Gasteiger partial charge on any atom is -0.468 e. The van der Waals surface area contributed by atoms with Crippen LogP contribution >= 0.6 is 0 Å². The van der Waals surface area contributed by atoms with Gasteiger partial charge in [0.2, 0.25) is 0 Å². The van der Waals surface area contributed by atoms with Gasteiger partial charge >= 0.3 is 12.1 Å². The summed E-state index contributed by atoms with van der Waals surface area (Å²) in [7, 11) is 1.39. The summed E-state index contributed by atoms with van der Waals surface area (Å²) >= 11 is 0. The molecule has 6 heteroatoms. The topological polar surface area (TPSA) is 76.7 Å². The zero-order valence-corrected chi connectivity index (χ0v) is 14.6. The lowest BCUT2D eigenvalue weighted by Gasteiger charge is -2.35. The Morgan fingerprint density at radius 3 is 2.18 bits per heavy atom. The van der Waals surface area contributed by atoms with Crippen molar-refractivity contribution in [1.82, 2.24) is 10.6 Å². The number of alkyl carbamates (subject to hydrolysis) is 1. The van der Waals surface area contributed by atoms with Gasteiger partial charge in [-0.25, -0.2) is 4.79 Å². The summed E-state index contributed by atoms with van der Waals surface area (Å²) in [5.41, 5.74) is -1.23. The van der Waals surface area contributed by atoms with Crippen LogP contribution in [0.4, 0.5) is 4.79 Å². The van der Waals surface area contributed by atoms with Crippen LogP contribution in [0.15, 0.2) is 0 Å². The molecule has 22 heavy (non-hydrogen) atoms. The van der Waals surface area contributed by atoms with Crippen molar-refractivity contribution in [3.63, 3.8) is 0 Å². The molecule has 2 N–H and O–H groups in total. The molecular weight excluding hydrogens is 284 g/mol. The fourth-order valence-corrected chi connectivity index (χ4v) is 2.75. The molecule has 1 amide bonds. The minimum absolute atomic E-state index is 0.0644. The normalized spacial score (nSPS) is 22.8. The van der Waals surface area contributed by atoms with Crippen LogP contribution in [0.5, 0.6) is 0 Å². The molecule has 1 aliphatic rings. The van der Waals surface area contributed by atoms with Gasteiger partial charge in [-0.3, -0.25) is 10.1 Å². The molecule has 0 aliphatic heterocycles. The molecule has 0 heterocycles. The second-order valence-corrected chi connectivity index (χ2v) is 7.47. The first kappa shape index (κ1) is 18.7. The maximum Gasteiger partial charge on any atom is 0.407 e. The van der Waals surface area contributed by atoms with Crippen molar-refractivity contribution in [2.75, 3.05) is 7.11 Å². The highest BCUT2D eigenvalue weighted by Crippen LogP contribution is 2.21. The average Bonchev–Trinajstić information content (AvgIpc) is 2.35. The molecular formula is C16H30N2O4. The number of nitrogens with one attached hydrogen (secondary N) is 2. The number of ether oxygens (including phenoxy) is 2. The third-order valence-electron chi connectivity index (χ3n) is 3.66. The van der Waals surface area contributed by atoms with Crippen LogP contribution in [-0.2, 0) is 14.3 Å². The predicted molar refractivity (Wildman–Crippen MR) is 84.6 cm³/mol. The van der Waals surface area contributed by atoms with Crippen LogP contribution in [-0.4, -0.2) is 42.4 Å². The van der Waals surface area contributed by atoms with Crippen molar-refractivity contribution < 1.29 is 19.1 Å². The van der Waals surface area contributed by atoms with Gasteiger partial charge in [0.1, 0.15) is 11.1 Å². The standard InChI is InChI=1S/C16H30N2O4/c1-15(2,3)22-14(20)17-11-8-7-9-12(10-11)18-16(4,5)13(19)21-6/h11-12,18H,7-10H2,1-6H3,(H,17,20). The van der Waals surface area contributed by atoms with Crippen molar-refractivity contribution >= 4 is 12.1 Å². The summed E-state index contributed by atoms with van der Waals surface area (Å²) in [6.45, 7) is 9.15. The van der Waals surface area contributed by atoms with E-state index in [0.29, 0.717) is 0 Å². The number of rotatable bonds is 4. The van der Waals surface area contributed by atoms with Crippen LogP contribution < -0.4 is 10.6 Å².